The van der Waals surface area contributed by atoms with Gasteiger partial charge in [0.25, 0.3) is 0 Å². The van der Waals surface area contributed by atoms with Crippen LogP contribution in [0.25, 0.3) is 0 Å². The summed E-state index contributed by atoms with van der Waals surface area (Å²) >= 11 is 11.9. The van der Waals surface area contributed by atoms with Crippen molar-refractivity contribution in [2.45, 2.75) is 23.8 Å². The number of ether oxygens (including phenoxy) is 1. The van der Waals surface area contributed by atoms with Crippen LogP contribution in [0.5, 0.6) is 0 Å². The Hall–Kier alpha value is -2.14. The molecule has 0 radical (unpaired) electrons. The number of rotatable bonds is 8. The van der Waals surface area contributed by atoms with E-state index in [9.17, 15) is 21.6 Å². The number of piperazine rings is 1. The highest BCUT2D eigenvalue weighted by atomic mass is 35.5. The van der Waals surface area contributed by atoms with E-state index in [1.165, 1.54) is 28.6 Å². The molecule has 0 saturated carbocycles. The highest BCUT2D eigenvalue weighted by Crippen LogP contribution is 2.30. The van der Waals surface area contributed by atoms with E-state index in [0.29, 0.717) is 48.3 Å². The molecule has 1 aliphatic heterocycles. The lowest BCUT2D eigenvalue weighted by atomic mass is 10.1. The molecule has 3 aromatic carbocycles. The first-order chi connectivity index (χ1) is 17.5. The molecule has 11 heteroatoms. The Balaban J connectivity index is 1.41. The molecule has 0 amide bonds. The molecule has 1 fully saturated rings. The van der Waals surface area contributed by atoms with E-state index < -0.39 is 21.8 Å². The molecule has 0 aliphatic carbocycles. The van der Waals surface area contributed by atoms with Gasteiger partial charge in [0.05, 0.1) is 23.2 Å². The van der Waals surface area contributed by atoms with Crippen molar-refractivity contribution in [3.05, 3.63) is 99.5 Å². The number of hydrogen-bond donors (Lipinski definition) is 0. The molecule has 198 valence electrons. The average Bonchev–Trinajstić information content (AvgIpc) is 2.87. The highest BCUT2D eigenvalue weighted by molar-refractivity contribution is 7.89. The molecule has 1 saturated heterocycles. The van der Waals surface area contributed by atoms with Gasteiger partial charge in [-0.1, -0.05) is 47.5 Å². The molecular formula is C26H25Cl2F3N2O3S. The van der Waals surface area contributed by atoms with Crippen molar-refractivity contribution in [2.75, 3.05) is 32.7 Å². The minimum atomic E-state index is -4.39. The maximum absolute atomic E-state index is 13.0. The number of sulfonamides is 1. The molecule has 1 atom stereocenters. The van der Waals surface area contributed by atoms with Crippen LogP contribution in [0.4, 0.5) is 13.2 Å². The van der Waals surface area contributed by atoms with E-state index in [0.717, 1.165) is 17.7 Å². The largest absolute Gasteiger partial charge is 0.416 e. The van der Waals surface area contributed by atoms with Crippen LogP contribution < -0.4 is 0 Å². The second kappa shape index (κ2) is 11.7. The molecule has 0 aromatic heterocycles. The third-order valence-electron chi connectivity index (χ3n) is 6.18. The number of benzene rings is 3. The Kier molecular flexibility index (Phi) is 8.83. The van der Waals surface area contributed by atoms with Crippen molar-refractivity contribution in [3.8, 4) is 0 Å². The molecule has 37 heavy (non-hydrogen) atoms. The van der Waals surface area contributed by atoms with Crippen LogP contribution in [0.1, 0.15) is 22.8 Å². The van der Waals surface area contributed by atoms with Crippen molar-refractivity contribution in [1.29, 1.82) is 0 Å². The molecule has 0 unspecified atom stereocenters. The summed E-state index contributed by atoms with van der Waals surface area (Å²) in [5.41, 5.74) is 0.773. The molecule has 1 heterocycles. The quantitative estimate of drug-likeness (QED) is 0.319. The van der Waals surface area contributed by atoms with Gasteiger partial charge in [-0.3, -0.25) is 4.90 Å². The second-order valence-electron chi connectivity index (χ2n) is 8.70. The monoisotopic (exact) mass is 572 g/mol. The van der Waals surface area contributed by atoms with Crippen molar-refractivity contribution in [1.82, 2.24) is 9.21 Å². The zero-order valence-corrected chi connectivity index (χ0v) is 22.0. The van der Waals surface area contributed by atoms with Crippen molar-refractivity contribution >= 4 is 33.2 Å². The first-order valence-corrected chi connectivity index (χ1v) is 13.7. The summed E-state index contributed by atoms with van der Waals surface area (Å²) < 4.78 is 72.2. The van der Waals surface area contributed by atoms with Gasteiger partial charge in [0.2, 0.25) is 10.0 Å². The maximum atomic E-state index is 13.0. The molecule has 0 bridgehead atoms. The summed E-state index contributed by atoms with van der Waals surface area (Å²) in [7, 11) is -3.63. The SMILES string of the molecule is O=S(=O)(c1ccc(Cl)cc1)N1CCN(C[C@@H](OCc2ccc(C(F)(F)F)cc2)c2ccc(Cl)cc2)CC1. The Bertz CT molecular complexity index is 1280. The number of halogens is 5. The third-order valence-corrected chi connectivity index (χ3v) is 8.60. The molecule has 5 nitrogen and oxygen atoms in total. The molecule has 4 rings (SSSR count). The first kappa shape index (κ1) is 27.9. The molecule has 0 spiro atoms. The third kappa shape index (κ3) is 7.25. The van der Waals surface area contributed by atoms with Crippen LogP contribution in [0.2, 0.25) is 10.0 Å². The van der Waals surface area contributed by atoms with Crippen LogP contribution >= 0.6 is 23.2 Å². The van der Waals surface area contributed by atoms with E-state index in [2.05, 4.69) is 4.90 Å². The van der Waals surface area contributed by atoms with Gasteiger partial charge in [-0.2, -0.15) is 17.5 Å². The minimum Gasteiger partial charge on any atom is -0.368 e. The standard InChI is InChI=1S/C26H25Cl2F3N2O3S/c27-22-7-3-20(4-8-22)25(36-18-19-1-5-21(6-2-19)26(29,30)31)17-32-13-15-33(16-14-32)37(34,35)24-11-9-23(28)10-12-24/h1-12,25H,13-18H2/t25-/m1/s1. The second-order valence-corrected chi connectivity index (χ2v) is 11.5. The predicted molar refractivity (Wildman–Crippen MR) is 137 cm³/mol. The van der Waals surface area contributed by atoms with Gasteiger partial charge in [0.15, 0.2) is 0 Å². The fourth-order valence-electron chi connectivity index (χ4n) is 4.06. The number of nitrogens with zero attached hydrogens (tertiary/aromatic N) is 2. The summed E-state index contributed by atoms with van der Waals surface area (Å²) in [5, 5.41) is 1.04. The smallest absolute Gasteiger partial charge is 0.368 e. The molecule has 0 N–H and O–H groups in total. The van der Waals surface area contributed by atoms with Crippen LogP contribution in [-0.4, -0.2) is 50.3 Å². The normalized spacial score (nSPS) is 16.6. The number of hydrogen-bond acceptors (Lipinski definition) is 4. The van der Waals surface area contributed by atoms with Gasteiger partial charge in [0, 0.05) is 42.8 Å². The van der Waals surface area contributed by atoms with Crippen molar-refractivity contribution < 1.29 is 26.3 Å². The zero-order valence-electron chi connectivity index (χ0n) is 19.7. The predicted octanol–water partition coefficient (Wildman–Crippen LogP) is 6.28. The van der Waals surface area contributed by atoms with Gasteiger partial charge in [-0.05, 0) is 59.7 Å². The van der Waals surface area contributed by atoms with Gasteiger partial charge in [-0.25, -0.2) is 8.42 Å². The summed E-state index contributed by atoms with van der Waals surface area (Å²) in [4.78, 5) is 2.31. The fraction of sp³-hybridized carbons (Fsp3) is 0.308. The van der Waals surface area contributed by atoms with Crippen LogP contribution in [0.15, 0.2) is 77.7 Å². The van der Waals surface area contributed by atoms with Gasteiger partial charge in [-0.15, -0.1) is 0 Å². The zero-order chi connectivity index (χ0) is 26.6. The lowest BCUT2D eigenvalue weighted by Crippen LogP contribution is -2.49. The first-order valence-electron chi connectivity index (χ1n) is 11.5. The van der Waals surface area contributed by atoms with Crippen LogP contribution in [0.3, 0.4) is 0 Å². The maximum Gasteiger partial charge on any atom is 0.416 e. The summed E-state index contributed by atoms with van der Waals surface area (Å²) in [5.74, 6) is 0. The van der Waals surface area contributed by atoms with E-state index >= 15 is 0 Å². The van der Waals surface area contributed by atoms with Crippen LogP contribution in [0, 0.1) is 0 Å². The van der Waals surface area contributed by atoms with Crippen molar-refractivity contribution in [2.24, 2.45) is 0 Å². The highest BCUT2D eigenvalue weighted by Gasteiger charge is 2.31. The van der Waals surface area contributed by atoms with Crippen LogP contribution in [-0.2, 0) is 27.5 Å². The molecule has 1 aliphatic rings. The Morgan fingerprint density at radius 2 is 1.35 bits per heavy atom. The summed E-state index contributed by atoms with van der Waals surface area (Å²) in [6, 6.07) is 18.2. The summed E-state index contributed by atoms with van der Waals surface area (Å²) in [6.07, 6.45) is -4.78. The van der Waals surface area contributed by atoms with E-state index in [-0.39, 0.29) is 17.6 Å². The van der Waals surface area contributed by atoms with E-state index in [1.807, 2.05) is 12.1 Å². The topological polar surface area (TPSA) is 49.9 Å². The van der Waals surface area contributed by atoms with E-state index in [1.54, 1.807) is 24.3 Å². The lowest BCUT2D eigenvalue weighted by molar-refractivity contribution is -0.137. The van der Waals surface area contributed by atoms with Crippen molar-refractivity contribution in [3.63, 3.8) is 0 Å². The van der Waals surface area contributed by atoms with Gasteiger partial charge >= 0.3 is 6.18 Å². The lowest BCUT2D eigenvalue weighted by Gasteiger charge is -2.36. The molecular weight excluding hydrogens is 548 g/mol. The van der Waals surface area contributed by atoms with E-state index in [4.69, 9.17) is 27.9 Å². The minimum absolute atomic E-state index is 0.121. The molecule has 3 aromatic rings. The Morgan fingerprint density at radius 1 is 0.811 bits per heavy atom. The fourth-order valence-corrected chi connectivity index (χ4v) is 5.74. The Morgan fingerprint density at radius 3 is 1.89 bits per heavy atom. The Labute approximate surface area is 224 Å². The number of alkyl halides is 3. The van der Waals surface area contributed by atoms with Gasteiger partial charge < -0.3 is 4.74 Å². The van der Waals surface area contributed by atoms with Gasteiger partial charge in [0.1, 0.15) is 0 Å². The summed E-state index contributed by atoms with van der Waals surface area (Å²) in [6.45, 7) is 2.24. The average molecular weight is 573 g/mol.